The first kappa shape index (κ1) is 45.6. The second kappa shape index (κ2) is 15.9. The molecule has 14 N–H and O–H groups in total. The molecule has 0 amide bonds. The molecule has 3 heterocycles. The lowest BCUT2D eigenvalue weighted by molar-refractivity contribution is -0.323. The number of carbonyl (C=O) groups excluding carboxylic acids is 6. The molecule has 1 saturated heterocycles. The van der Waals surface area contributed by atoms with E-state index in [2.05, 4.69) is 0 Å². The van der Waals surface area contributed by atoms with Gasteiger partial charge < -0.3 is 105 Å². The molecule has 0 unspecified atom stereocenters. The highest BCUT2D eigenvalue weighted by Gasteiger charge is 2.70. The standard InChI is InChI=1S/C41H30O27/c42-15-1-10(2-16(43)26(15)50)34(54)62-9-22-30-32(65-35(55)11-3-17(44)27(51)18(45)4-11)33(39(63-22)67-36(56)12-5-19(46)28(52)20(47)6-12)66-37(57)13-7-21(48)29(53)31-24(13)25-14(38(58)64-30)8-23(49)40(59,60)41(25,61)68-31/h1-8,22,25,30,32-33,39,42-48,50-53,59-61H,9H2/t22-,25+,30-,32+,33-,39+,41-/m1/s1. The zero-order chi connectivity index (χ0) is 49.6. The molecule has 68 heavy (non-hydrogen) atoms. The molecule has 27 heteroatoms. The second-order valence-electron chi connectivity index (χ2n) is 15.1. The Kier molecular flexibility index (Phi) is 10.7. The van der Waals surface area contributed by atoms with Crippen LogP contribution in [0.4, 0.5) is 0 Å². The largest absolute Gasteiger partial charge is 0.504 e. The number of phenolic OH excluding ortho intramolecular Hbond substituents is 11. The summed E-state index contributed by atoms with van der Waals surface area (Å²) in [7, 11) is 0. The summed E-state index contributed by atoms with van der Waals surface area (Å²) in [4.78, 5) is 83.3. The monoisotopic (exact) mass is 954 g/mol. The minimum Gasteiger partial charge on any atom is -0.504 e. The second-order valence-corrected chi connectivity index (χ2v) is 15.1. The molecule has 4 aromatic carbocycles. The average Bonchev–Trinajstić information content (AvgIpc) is 3.60. The van der Waals surface area contributed by atoms with Crippen LogP contribution in [0.15, 0.2) is 54.1 Å². The Morgan fingerprint density at radius 2 is 1.03 bits per heavy atom. The number of hydrogen-bond donors (Lipinski definition) is 14. The van der Waals surface area contributed by atoms with Gasteiger partial charge >= 0.3 is 29.8 Å². The smallest absolute Gasteiger partial charge is 0.340 e. The summed E-state index contributed by atoms with van der Waals surface area (Å²) in [6.45, 7) is -1.28. The maximum absolute atomic E-state index is 14.5. The topological polar surface area (TPSA) is 450 Å². The lowest BCUT2D eigenvalue weighted by Gasteiger charge is -2.44. The molecule has 1 aliphatic carbocycles. The first-order valence-electron chi connectivity index (χ1n) is 19.0. The number of phenols is 11. The van der Waals surface area contributed by atoms with Crippen LogP contribution in [0.25, 0.3) is 0 Å². The predicted molar refractivity (Wildman–Crippen MR) is 205 cm³/mol. The normalized spacial score (nSPS) is 24.5. The molecule has 1 fully saturated rings. The summed E-state index contributed by atoms with van der Waals surface area (Å²) >= 11 is 0. The number of ketones is 1. The number of benzene rings is 4. The molecule has 4 aliphatic rings. The Morgan fingerprint density at radius 3 is 1.54 bits per heavy atom. The summed E-state index contributed by atoms with van der Waals surface area (Å²) in [6, 6.07) is 3.85. The zero-order valence-corrected chi connectivity index (χ0v) is 33.4. The summed E-state index contributed by atoms with van der Waals surface area (Å²) < 4.78 is 38.8. The van der Waals surface area contributed by atoms with Crippen LogP contribution < -0.4 is 4.74 Å². The number of esters is 5. The number of aromatic hydroxyl groups is 11. The van der Waals surface area contributed by atoms with E-state index >= 15 is 0 Å². The van der Waals surface area contributed by atoms with E-state index in [-0.39, 0.29) is 6.08 Å². The summed E-state index contributed by atoms with van der Waals surface area (Å²) in [5, 5.41) is 145. The number of ether oxygens (including phenoxy) is 7. The number of hydrogen-bond acceptors (Lipinski definition) is 27. The molecule has 2 bridgehead atoms. The number of carbonyl (C=O) groups is 6. The van der Waals surface area contributed by atoms with Crippen molar-refractivity contribution in [3.8, 4) is 69.0 Å². The fourth-order valence-corrected chi connectivity index (χ4v) is 7.60. The van der Waals surface area contributed by atoms with Gasteiger partial charge in [-0.3, -0.25) is 4.79 Å². The van der Waals surface area contributed by atoms with Crippen LogP contribution in [0.3, 0.4) is 0 Å². The maximum Gasteiger partial charge on any atom is 0.340 e. The first-order valence-corrected chi connectivity index (χ1v) is 19.0. The third-order valence-electron chi connectivity index (χ3n) is 10.9. The van der Waals surface area contributed by atoms with Crippen molar-refractivity contribution in [3.63, 3.8) is 0 Å². The van der Waals surface area contributed by atoms with Gasteiger partial charge in [0.05, 0.1) is 33.7 Å². The number of fused-ring (bicyclic) bond motifs is 2. The Morgan fingerprint density at radius 1 is 0.574 bits per heavy atom. The van der Waals surface area contributed by atoms with Gasteiger partial charge in [-0.25, -0.2) is 24.0 Å². The van der Waals surface area contributed by atoms with Gasteiger partial charge in [0.15, 0.2) is 75.5 Å². The van der Waals surface area contributed by atoms with Crippen LogP contribution in [-0.2, 0) is 38.0 Å². The molecule has 3 aliphatic heterocycles. The van der Waals surface area contributed by atoms with Crippen molar-refractivity contribution in [2.75, 3.05) is 6.61 Å². The van der Waals surface area contributed by atoms with Crippen molar-refractivity contribution in [3.05, 3.63) is 81.9 Å². The van der Waals surface area contributed by atoms with Crippen molar-refractivity contribution in [1.82, 2.24) is 0 Å². The fraction of sp³-hybridized carbons (Fsp3) is 0.220. The Balaban J connectivity index is 1.32. The number of rotatable bonds is 7. The Bertz CT molecular complexity index is 2870. The van der Waals surface area contributed by atoms with Crippen molar-refractivity contribution in [1.29, 1.82) is 0 Å². The van der Waals surface area contributed by atoms with Crippen LogP contribution in [0.5, 0.6) is 69.0 Å². The highest BCUT2D eigenvalue weighted by atomic mass is 16.8. The maximum atomic E-state index is 14.5. The average molecular weight is 955 g/mol. The van der Waals surface area contributed by atoms with E-state index in [0.717, 1.165) is 0 Å². The zero-order valence-electron chi connectivity index (χ0n) is 33.4. The molecule has 0 spiro atoms. The molecular formula is C41H30O27. The van der Waals surface area contributed by atoms with Gasteiger partial charge in [0.25, 0.3) is 11.6 Å². The summed E-state index contributed by atoms with van der Waals surface area (Å²) in [5.74, 6) is -34.0. The Labute approximate surface area is 374 Å². The molecule has 0 aromatic heterocycles. The molecule has 0 saturated carbocycles. The van der Waals surface area contributed by atoms with Gasteiger partial charge in [0.2, 0.25) is 23.9 Å². The molecule has 356 valence electrons. The van der Waals surface area contributed by atoms with E-state index in [9.17, 15) is 100 Å². The van der Waals surface area contributed by atoms with Gasteiger partial charge in [0.1, 0.15) is 12.7 Å². The van der Waals surface area contributed by atoms with Crippen LogP contribution in [0.1, 0.15) is 52.9 Å². The predicted octanol–water partition coefficient (Wildman–Crippen LogP) is -1.08. The lowest BCUT2D eigenvalue weighted by Crippen LogP contribution is -2.66. The fourth-order valence-electron chi connectivity index (χ4n) is 7.60. The van der Waals surface area contributed by atoms with Crippen LogP contribution >= 0.6 is 0 Å². The van der Waals surface area contributed by atoms with E-state index in [0.29, 0.717) is 42.5 Å². The highest BCUT2D eigenvalue weighted by Crippen LogP contribution is 2.60. The minimum atomic E-state index is -4.02. The molecule has 8 rings (SSSR count). The van der Waals surface area contributed by atoms with Gasteiger partial charge in [0, 0.05) is 5.56 Å². The third kappa shape index (κ3) is 7.18. The highest BCUT2D eigenvalue weighted by molar-refractivity contribution is 6.08. The SMILES string of the molecule is O=C1O[C@H]2[C@H](OC(=O)c3cc(O)c(O)c(O)c3)[C@@H](OC(=O)c3cc(O)c(O)c4c3[C@@H]3C1=CC(=O)C(O)(O)[C@]3(O)O4)[C@H](OC(=O)c1cc(O)c(O)c(O)c1)O[C@@H]2COC(=O)c1cc(O)c(O)c(O)c1. The van der Waals surface area contributed by atoms with Crippen molar-refractivity contribution >= 4 is 35.6 Å². The molecule has 27 nitrogen and oxygen atoms in total. The van der Waals surface area contributed by atoms with E-state index in [4.69, 9.17) is 33.2 Å². The van der Waals surface area contributed by atoms with Gasteiger partial charge in [-0.2, -0.15) is 0 Å². The molecule has 0 radical (unpaired) electrons. The first-order chi connectivity index (χ1) is 31.8. The molecular weight excluding hydrogens is 924 g/mol. The van der Waals surface area contributed by atoms with E-state index in [1.807, 2.05) is 0 Å². The molecule has 4 aromatic rings. The van der Waals surface area contributed by atoms with Crippen molar-refractivity contribution in [2.45, 2.75) is 48.2 Å². The van der Waals surface area contributed by atoms with Gasteiger partial charge in [-0.15, -0.1) is 0 Å². The number of aliphatic hydroxyl groups is 3. The summed E-state index contributed by atoms with van der Waals surface area (Å²) in [6.07, 6.45) is -12.1. The van der Waals surface area contributed by atoms with Crippen molar-refractivity contribution < 1.29 is 133 Å². The van der Waals surface area contributed by atoms with E-state index in [1.165, 1.54) is 0 Å². The van der Waals surface area contributed by atoms with Crippen LogP contribution in [0, 0.1) is 0 Å². The van der Waals surface area contributed by atoms with Crippen molar-refractivity contribution in [2.24, 2.45) is 0 Å². The lowest BCUT2D eigenvalue weighted by atomic mass is 9.74. The van der Waals surface area contributed by atoms with E-state index in [1.54, 1.807) is 0 Å². The molecule has 7 atom stereocenters. The summed E-state index contributed by atoms with van der Waals surface area (Å²) in [5.41, 5.74) is -5.34. The minimum absolute atomic E-state index is 0.201. The quantitative estimate of drug-likeness (QED) is 0.0453. The van der Waals surface area contributed by atoms with Gasteiger partial charge in [-0.05, 0) is 48.5 Å². The van der Waals surface area contributed by atoms with Crippen LogP contribution in [-0.4, -0.2) is 156 Å². The van der Waals surface area contributed by atoms with E-state index < -0.39 is 193 Å². The van der Waals surface area contributed by atoms with Crippen LogP contribution in [0.2, 0.25) is 0 Å². The van der Waals surface area contributed by atoms with Gasteiger partial charge in [-0.1, -0.05) is 0 Å². The third-order valence-corrected chi connectivity index (χ3v) is 10.9. The Hall–Kier alpha value is -8.92.